The molecule has 4 atom stereocenters. The molecule has 0 saturated carbocycles. The minimum Gasteiger partial charge on any atom is -0.497 e. The van der Waals surface area contributed by atoms with E-state index in [2.05, 4.69) is 24.8 Å². The molecule has 1 fully saturated rings. The van der Waals surface area contributed by atoms with Gasteiger partial charge in [-0.25, -0.2) is 4.79 Å². The van der Waals surface area contributed by atoms with Crippen LogP contribution in [0, 0.1) is 5.92 Å². The maximum absolute atomic E-state index is 13.6. The number of hydrogen-bond acceptors (Lipinski definition) is 8. The minimum atomic E-state index is -2.12. The van der Waals surface area contributed by atoms with E-state index in [4.69, 9.17) is 18.9 Å². The van der Waals surface area contributed by atoms with Crippen LogP contribution in [0.5, 0.6) is 11.5 Å². The largest absolute Gasteiger partial charge is 0.497 e. The number of methoxy groups -OCH3 is 1. The van der Waals surface area contributed by atoms with Crippen LogP contribution >= 0.6 is 0 Å². The molecule has 1 aromatic rings. The van der Waals surface area contributed by atoms with Crippen molar-refractivity contribution in [1.29, 1.82) is 0 Å². The van der Waals surface area contributed by atoms with Gasteiger partial charge in [0.25, 0.3) is 0 Å². The maximum atomic E-state index is 13.6. The molecule has 1 saturated heterocycles. The van der Waals surface area contributed by atoms with E-state index < -0.39 is 35.6 Å². The van der Waals surface area contributed by atoms with Crippen LogP contribution in [0.4, 0.5) is 0 Å². The third-order valence-corrected chi connectivity index (χ3v) is 8.64. The van der Waals surface area contributed by atoms with Gasteiger partial charge >= 0.3 is 11.9 Å². The van der Waals surface area contributed by atoms with E-state index in [1.165, 1.54) is 0 Å². The molecule has 9 nitrogen and oxygen atoms in total. The number of carbonyl (C=O) groups excluding carboxylic acids is 1. The molecule has 0 radical (unpaired) electrons. The number of carboxylic acid groups (broad SMARTS) is 1. The highest BCUT2D eigenvalue weighted by molar-refractivity contribution is 5.85. The van der Waals surface area contributed by atoms with Gasteiger partial charge in [0.2, 0.25) is 6.79 Å². The fourth-order valence-electron chi connectivity index (χ4n) is 6.80. The first-order valence-corrected chi connectivity index (χ1v) is 13.8. The molecule has 0 unspecified atom stereocenters. The quantitative estimate of drug-likeness (QED) is 0.345. The van der Waals surface area contributed by atoms with Crippen LogP contribution in [0.3, 0.4) is 0 Å². The Kier molecular flexibility index (Phi) is 7.35. The molecule has 208 valence electrons. The third-order valence-electron chi connectivity index (χ3n) is 8.64. The second-order valence-electron chi connectivity index (χ2n) is 11.5. The van der Waals surface area contributed by atoms with Crippen LogP contribution in [0.25, 0.3) is 0 Å². The predicted molar refractivity (Wildman–Crippen MR) is 138 cm³/mol. The van der Waals surface area contributed by atoms with Crippen molar-refractivity contribution < 1.29 is 38.7 Å². The number of unbranched alkanes of at least 4 members (excludes halogenated alkanes) is 1. The van der Waals surface area contributed by atoms with Gasteiger partial charge in [-0.1, -0.05) is 26.7 Å². The van der Waals surface area contributed by atoms with E-state index in [-0.39, 0.29) is 19.1 Å². The van der Waals surface area contributed by atoms with Crippen molar-refractivity contribution in [3.8, 4) is 11.5 Å². The normalized spacial score (nSPS) is 27.1. The fourth-order valence-corrected chi connectivity index (χ4v) is 6.80. The number of fused-ring (bicyclic) bond motifs is 3. The molecule has 2 N–H and O–H groups in total. The molecule has 0 amide bonds. The number of aliphatic carboxylic acids is 1. The summed E-state index contributed by atoms with van der Waals surface area (Å²) in [5.41, 5.74) is -0.403. The van der Waals surface area contributed by atoms with E-state index in [0.717, 1.165) is 56.3 Å². The fraction of sp³-hybridized carbons (Fsp3) is 0.655. The van der Waals surface area contributed by atoms with Crippen molar-refractivity contribution in [3.05, 3.63) is 35.1 Å². The van der Waals surface area contributed by atoms with Gasteiger partial charge in [-0.05, 0) is 73.9 Å². The predicted octanol–water partition coefficient (Wildman–Crippen LogP) is 3.77. The lowest BCUT2D eigenvalue weighted by Crippen LogP contribution is -2.49. The molecule has 0 aromatic heterocycles. The van der Waals surface area contributed by atoms with Crippen LogP contribution in [0.15, 0.2) is 24.0 Å². The smallest absolute Gasteiger partial charge is 0.339 e. The molecule has 3 aliphatic heterocycles. The first-order valence-electron chi connectivity index (χ1n) is 13.8. The second kappa shape index (κ2) is 10.4. The van der Waals surface area contributed by atoms with E-state index in [1.54, 1.807) is 7.11 Å². The van der Waals surface area contributed by atoms with Crippen molar-refractivity contribution in [2.24, 2.45) is 5.92 Å². The Balaban J connectivity index is 1.48. The highest BCUT2D eigenvalue weighted by atomic mass is 16.7. The standard InChI is InChI=1S/C29H39NO8/c1-18(2)7-4-5-10-29(34,16-24(31)32)27(33)38-26-23(35-3)15-28-9-6-11-30(28)12-8-19-13-21-22(37-17-36-21)14-20(19)25(26)28/h13-15,18,25-26,34H,4-12,16-17H2,1-3H3,(H,31,32)/t25-,26+,28+,29-/m1/s1. The van der Waals surface area contributed by atoms with Gasteiger partial charge in [0.15, 0.2) is 23.2 Å². The summed E-state index contributed by atoms with van der Waals surface area (Å²) in [5, 5.41) is 20.9. The molecule has 1 aromatic carbocycles. The Morgan fingerprint density at radius 2 is 1.97 bits per heavy atom. The lowest BCUT2D eigenvalue weighted by Gasteiger charge is -2.39. The number of carboxylic acids is 1. The summed E-state index contributed by atoms with van der Waals surface area (Å²) >= 11 is 0. The molecule has 5 rings (SSSR count). The topological polar surface area (TPSA) is 115 Å². The average Bonchev–Trinajstić information content (AvgIpc) is 3.55. The van der Waals surface area contributed by atoms with Gasteiger partial charge < -0.3 is 29.2 Å². The summed E-state index contributed by atoms with van der Waals surface area (Å²) in [6.45, 7) is 6.14. The lowest BCUT2D eigenvalue weighted by molar-refractivity contribution is -0.178. The Hall–Kier alpha value is -2.78. The molecule has 1 spiro atoms. The number of rotatable bonds is 10. The first-order chi connectivity index (χ1) is 18.2. The van der Waals surface area contributed by atoms with E-state index in [1.807, 2.05) is 12.1 Å². The third kappa shape index (κ3) is 4.75. The Morgan fingerprint density at radius 3 is 2.68 bits per heavy atom. The van der Waals surface area contributed by atoms with Crippen LogP contribution in [0.1, 0.15) is 75.8 Å². The number of hydrogen-bond donors (Lipinski definition) is 2. The van der Waals surface area contributed by atoms with Crippen LogP contribution in [0.2, 0.25) is 0 Å². The number of benzene rings is 1. The van der Waals surface area contributed by atoms with Crippen molar-refractivity contribution in [2.75, 3.05) is 27.0 Å². The number of nitrogens with zero attached hydrogens (tertiary/aromatic N) is 1. The lowest BCUT2D eigenvalue weighted by atomic mass is 9.77. The molecular weight excluding hydrogens is 490 g/mol. The van der Waals surface area contributed by atoms with Gasteiger partial charge in [0.05, 0.1) is 25.0 Å². The van der Waals surface area contributed by atoms with E-state index >= 15 is 0 Å². The van der Waals surface area contributed by atoms with Crippen molar-refractivity contribution in [2.45, 2.75) is 88.4 Å². The first kappa shape index (κ1) is 26.8. The number of aliphatic hydroxyl groups is 1. The van der Waals surface area contributed by atoms with Gasteiger partial charge in [-0.3, -0.25) is 9.69 Å². The molecule has 3 heterocycles. The van der Waals surface area contributed by atoms with Gasteiger partial charge in [0, 0.05) is 6.54 Å². The van der Waals surface area contributed by atoms with Crippen LogP contribution in [-0.2, 0) is 25.5 Å². The zero-order valence-corrected chi connectivity index (χ0v) is 22.5. The van der Waals surface area contributed by atoms with Crippen molar-refractivity contribution in [3.63, 3.8) is 0 Å². The molecular formula is C29H39NO8. The zero-order valence-electron chi connectivity index (χ0n) is 22.5. The van der Waals surface area contributed by atoms with Crippen LogP contribution < -0.4 is 9.47 Å². The number of esters is 1. The van der Waals surface area contributed by atoms with Gasteiger partial charge in [0.1, 0.15) is 5.76 Å². The summed E-state index contributed by atoms with van der Waals surface area (Å²) < 4.78 is 23.3. The summed E-state index contributed by atoms with van der Waals surface area (Å²) in [7, 11) is 1.56. The van der Waals surface area contributed by atoms with Crippen molar-refractivity contribution in [1.82, 2.24) is 4.90 Å². The average molecular weight is 530 g/mol. The molecule has 0 bridgehead atoms. The van der Waals surface area contributed by atoms with Gasteiger partial charge in [-0.2, -0.15) is 0 Å². The summed E-state index contributed by atoms with van der Waals surface area (Å²) in [5.74, 6) is -0.0561. The SMILES string of the molecule is COC1=C[C@]23CCCN2CCc2cc4c(cc2[C@@H]3[C@H]1OC(=O)[C@@](O)(CCCCC(C)C)CC(=O)O)OCO4. The Labute approximate surface area is 223 Å². The maximum Gasteiger partial charge on any atom is 0.339 e. The van der Waals surface area contributed by atoms with Crippen LogP contribution in [-0.4, -0.2) is 71.3 Å². The Bertz CT molecular complexity index is 1120. The monoisotopic (exact) mass is 529 g/mol. The molecule has 4 aliphatic rings. The number of carbonyl (C=O) groups is 2. The van der Waals surface area contributed by atoms with Crippen molar-refractivity contribution >= 4 is 11.9 Å². The highest BCUT2D eigenvalue weighted by Gasteiger charge is 2.59. The van der Waals surface area contributed by atoms with Gasteiger partial charge in [-0.15, -0.1) is 0 Å². The number of ether oxygens (including phenoxy) is 4. The second-order valence-corrected chi connectivity index (χ2v) is 11.5. The molecule has 38 heavy (non-hydrogen) atoms. The van der Waals surface area contributed by atoms with E-state index in [9.17, 15) is 19.8 Å². The Morgan fingerprint density at radius 1 is 1.21 bits per heavy atom. The molecule has 1 aliphatic carbocycles. The highest BCUT2D eigenvalue weighted by Crippen LogP contribution is 2.55. The zero-order chi connectivity index (χ0) is 27.1. The summed E-state index contributed by atoms with van der Waals surface area (Å²) in [6.07, 6.45) is 5.56. The van der Waals surface area contributed by atoms with E-state index in [0.29, 0.717) is 29.6 Å². The minimum absolute atomic E-state index is 0.0286. The summed E-state index contributed by atoms with van der Waals surface area (Å²) in [6, 6.07) is 4.02. The summed E-state index contributed by atoms with van der Waals surface area (Å²) in [4.78, 5) is 27.7. The molecule has 9 heteroatoms.